The van der Waals surface area contributed by atoms with Crippen LogP contribution in [-0.2, 0) is 4.79 Å². The van der Waals surface area contributed by atoms with Gasteiger partial charge < -0.3 is 14.8 Å². The maximum absolute atomic E-state index is 13.9. The van der Waals surface area contributed by atoms with Crippen molar-refractivity contribution in [1.82, 2.24) is 9.47 Å². The first-order chi connectivity index (χ1) is 11.9. The Morgan fingerprint density at radius 3 is 2.56 bits per heavy atom. The number of benzene rings is 1. The summed E-state index contributed by atoms with van der Waals surface area (Å²) in [4.78, 5) is 26.0. The number of amides is 2. The van der Waals surface area contributed by atoms with Crippen LogP contribution in [0.3, 0.4) is 0 Å². The Balaban J connectivity index is 2.20. The molecule has 134 valence electrons. The number of nitrogens with one attached hydrogen (secondary N) is 1. The van der Waals surface area contributed by atoms with Gasteiger partial charge in [-0.2, -0.15) is 11.8 Å². The number of aromatic nitrogens is 1. The molecule has 0 fully saturated rings. The van der Waals surface area contributed by atoms with Crippen molar-refractivity contribution in [3.63, 3.8) is 0 Å². The molecular weight excluding hydrogens is 341 g/mol. The molecule has 0 aliphatic carbocycles. The molecule has 1 N–H and O–H groups in total. The molecule has 1 aromatic carbocycles. The Morgan fingerprint density at radius 2 is 1.96 bits per heavy atom. The summed E-state index contributed by atoms with van der Waals surface area (Å²) in [5.74, 6) is -0.413. The van der Waals surface area contributed by atoms with Gasteiger partial charge in [0.25, 0.3) is 5.91 Å². The van der Waals surface area contributed by atoms with Gasteiger partial charge in [0.1, 0.15) is 11.9 Å². The fourth-order valence-electron chi connectivity index (χ4n) is 2.43. The van der Waals surface area contributed by atoms with Crippen molar-refractivity contribution >= 4 is 29.3 Å². The Hall–Kier alpha value is -2.28. The van der Waals surface area contributed by atoms with Gasteiger partial charge in [-0.3, -0.25) is 9.59 Å². The lowest BCUT2D eigenvalue weighted by Gasteiger charge is -2.19. The van der Waals surface area contributed by atoms with E-state index in [4.69, 9.17) is 0 Å². The minimum Gasteiger partial charge on any atom is -0.345 e. The molecule has 0 saturated heterocycles. The van der Waals surface area contributed by atoms with E-state index in [1.165, 1.54) is 23.1 Å². The zero-order valence-electron chi connectivity index (χ0n) is 14.5. The maximum Gasteiger partial charge on any atom is 0.256 e. The topological polar surface area (TPSA) is 54.3 Å². The fourth-order valence-corrected chi connectivity index (χ4v) is 2.89. The van der Waals surface area contributed by atoms with E-state index in [1.807, 2.05) is 35.3 Å². The molecule has 2 aromatic rings. The van der Waals surface area contributed by atoms with E-state index in [0.29, 0.717) is 12.1 Å². The van der Waals surface area contributed by atoms with E-state index in [1.54, 1.807) is 25.9 Å². The molecule has 0 aliphatic rings. The second kappa shape index (κ2) is 8.71. The second-order valence-corrected chi connectivity index (χ2v) is 6.80. The van der Waals surface area contributed by atoms with Crippen LogP contribution >= 0.6 is 11.8 Å². The summed E-state index contributed by atoms with van der Waals surface area (Å²) in [6, 6.07) is 7.40. The third kappa shape index (κ3) is 4.85. The van der Waals surface area contributed by atoms with Crippen molar-refractivity contribution in [2.24, 2.45) is 0 Å². The van der Waals surface area contributed by atoms with Crippen molar-refractivity contribution in [3.8, 4) is 0 Å². The number of halogens is 1. The summed E-state index contributed by atoms with van der Waals surface area (Å²) in [6.07, 6.45) is 6.35. The van der Waals surface area contributed by atoms with E-state index in [0.717, 1.165) is 5.75 Å². The monoisotopic (exact) mass is 363 g/mol. The average molecular weight is 363 g/mol. The predicted molar refractivity (Wildman–Crippen MR) is 99.5 cm³/mol. The van der Waals surface area contributed by atoms with Crippen LogP contribution in [0.1, 0.15) is 22.8 Å². The molecule has 0 saturated carbocycles. The highest BCUT2D eigenvalue weighted by atomic mass is 32.2. The molecule has 1 heterocycles. The van der Waals surface area contributed by atoms with Crippen molar-refractivity contribution in [3.05, 3.63) is 54.1 Å². The molecule has 7 heteroatoms. The Labute approximate surface area is 151 Å². The van der Waals surface area contributed by atoms with Gasteiger partial charge in [0.05, 0.1) is 5.56 Å². The molecule has 1 aromatic heterocycles. The highest BCUT2D eigenvalue weighted by Gasteiger charge is 2.21. The van der Waals surface area contributed by atoms with E-state index < -0.39 is 11.7 Å². The van der Waals surface area contributed by atoms with Crippen molar-refractivity contribution < 1.29 is 14.0 Å². The number of carbonyl (C=O) groups excluding carboxylic acids is 2. The lowest BCUT2D eigenvalue weighted by atomic mass is 10.1. The first kappa shape index (κ1) is 19.1. The van der Waals surface area contributed by atoms with Crippen LogP contribution in [0.15, 0.2) is 42.7 Å². The second-order valence-electron chi connectivity index (χ2n) is 5.81. The third-order valence-corrected chi connectivity index (χ3v) is 4.40. The Kier molecular flexibility index (Phi) is 6.64. The van der Waals surface area contributed by atoms with E-state index >= 15 is 0 Å². The normalized spacial score (nSPS) is 11.8. The van der Waals surface area contributed by atoms with Crippen LogP contribution in [0.4, 0.5) is 10.1 Å². The molecule has 0 spiro atoms. The van der Waals surface area contributed by atoms with Crippen molar-refractivity contribution in [2.75, 3.05) is 31.4 Å². The van der Waals surface area contributed by atoms with Gasteiger partial charge in [-0.05, 0) is 48.8 Å². The van der Waals surface area contributed by atoms with Gasteiger partial charge in [-0.15, -0.1) is 0 Å². The molecule has 0 aliphatic heterocycles. The summed E-state index contributed by atoms with van der Waals surface area (Å²) < 4.78 is 15.7. The van der Waals surface area contributed by atoms with Crippen LogP contribution in [0.25, 0.3) is 0 Å². The molecule has 2 amide bonds. The zero-order valence-corrected chi connectivity index (χ0v) is 15.3. The van der Waals surface area contributed by atoms with Crippen LogP contribution in [-0.4, -0.2) is 47.4 Å². The highest BCUT2D eigenvalue weighted by Crippen LogP contribution is 2.20. The lowest BCUT2D eigenvalue weighted by molar-refractivity contribution is -0.119. The van der Waals surface area contributed by atoms with Gasteiger partial charge in [-0.1, -0.05) is 0 Å². The molecule has 25 heavy (non-hydrogen) atoms. The van der Waals surface area contributed by atoms with Gasteiger partial charge in [-0.25, -0.2) is 4.39 Å². The van der Waals surface area contributed by atoms with Crippen molar-refractivity contribution in [1.29, 1.82) is 0 Å². The number of anilines is 1. The van der Waals surface area contributed by atoms with Gasteiger partial charge in [0.15, 0.2) is 0 Å². The van der Waals surface area contributed by atoms with E-state index in [2.05, 4.69) is 5.32 Å². The first-order valence-electron chi connectivity index (χ1n) is 7.87. The number of rotatable bonds is 7. The smallest absolute Gasteiger partial charge is 0.256 e. The minimum atomic E-state index is -0.610. The Morgan fingerprint density at radius 1 is 1.28 bits per heavy atom. The number of carbonyl (C=O) groups is 2. The van der Waals surface area contributed by atoms with Crippen molar-refractivity contribution in [2.45, 2.75) is 12.5 Å². The van der Waals surface area contributed by atoms with Gasteiger partial charge in [0, 0.05) is 32.2 Å². The average Bonchev–Trinajstić information content (AvgIpc) is 3.10. The summed E-state index contributed by atoms with van der Waals surface area (Å²) >= 11 is 1.67. The predicted octanol–water partition coefficient (Wildman–Crippen LogP) is 3.26. The summed E-state index contributed by atoms with van der Waals surface area (Å²) in [5, 5.41) is 2.79. The standard InChI is InChI=1S/C18H22FN3O2S/c1-21(2)18(24)14-12-13(6-7-15(14)19)20-17(23)16(8-11-25-3)22-9-4-5-10-22/h4-7,9-10,12,16H,8,11H2,1-3H3,(H,20,23)/t16-/m1/s1. The number of hydrogen-bond donors (Lipinski definition) is 1. The first-order valence-corrected chi connectivity index (χ1v) is 9.27. The van der Waals surface area contributed by atoms with Crippen LogP contribution in [0.2, 0.25) is 0 Å². The van der Waals surface area contributed by atoms with Gasteiger partial charge >= 0.3 is 0 Å². The minimum absolute atomic E-state index is 0.0653. The van der Waals surface area contributed by atoms with Crippen LogP contribution in [0.5, 0.6) is 0 Å². The molecule has 0 bridgehead atoms. The lowest BCUT2D eigenvalue weighted by Crippen LogP contribution is -2.26. The highest BCUT2D eigenvalue weighted by molar-refractivity contribution is 7.98. The Bertz CT molecular complexity index is 732. The van der Waals surface area contributed by atoms with E-state index in [-0.39, 0.29) is 17.5 Å². The summed E-state index contributed by atoms with van der Waals surface area (Å²) in [7, 11) is 3.11. The van der Waals surface area contributed by atoms with Crippen LogP contribution < -0.4 is 5.32 Å². The largest absolute Gasteiger partial charge is 0.345 e. The molecule has 1 atom stereocenters. The fraction of sp³-hybridized carbons (Fsp3) is 0.333. The third-order valence-electron chi connectivity index (χ3n) is 3.76. The molecular formula is C18H22FN3O2S. The number of hydrogen-bond acceptors (Lipinski definition) is 3. The van der Waals surface area contributed by atoms with Gasteiger partial charge in [0.2, 0.25) is 5.91 Å². The number of thioether (sulfide) groups is 1. The summed E-state index contributed by atoms with van der Waals surface area (Å²) in [6.45, 7) is 0. The maximum atomic E-state index is 13.9. The molecule has 5 nitrogen and oxygen atoms in total. The van der Waals surface area contributed by atoms with E-state index in [9.17, 15) is 14.0 Å². The quantitative estimate of drug-likeness (QED) is 0.821. The van der Waals surface area contributed by atoms with Crippen LogP contribution in [0, 0.1) is 5.82 Å². The zero-order chi connectivity index (χ0) is 18.4. The molecule has 2 rings (SSSR count). The molecule has 0 radical (unpaired) electrons. The molecule has 0 unspecified atom stereocenters. The SMILES string of the molecule is CSCC[C@H](C(=O)Nc1ccc(F)c(C(=O)N(C)C)c1)n1cccc1. The summed E-state index contributed by atoms with van der Waals surface area (Å²) in [5.41, 5.74) is 0.335. The number of nitrogens with zero attached hydrogens (tertiary/aromatic N) is 2.